The molecule has 1 aliphatic heterocycles. The Morgan fingerprint density at radius 1 is 1.23 bits per heavy atom. The highest BCUT2D eigenvalue weighted by atomic mass is 16.5. The number of rotatable bonds is 10. The molecule has 0 saturated carbocycles. The molecule has 0 spiro atoms. The monoisotopic (exact) mass is 363 g/mol. The lowest BCUT2D eigenvalue weighted by atomic mass is 9.79. The zero-order valence-electron chi connectivity index (χ0n) is 16.1. The molecular formula is C20H33N3O3. The lowest BCUT2D eigenvalue weighted by Crippen LogP contribution is -2.48. The molecule has 0 aliphatic carbocycles. The van der Waals surface area contributed by atoms with Crippen molar-refractivity contribution in [3.05, 3.63) is 29.8 Å². The Balaban J connectivity index is 1.78. The van der Waals surface area contributed by atoms with E-state index in [1.165, 1.54) is 0 Å². The number of carbonyl (C=O) groups is 1. The number of amides is 1. The minimum atomic E-state index is -0.480. The van der Waals surface area contributed by atoms with Crippen LogP contribution in [0.15, 0.2) is 24.3 Å². The second kappa shape index (κ2) is 10.5. The number of ether oxygens (including phenoxy) is 2. The summed E-state index contributed by atoms with van der Waals surface area (Å²) in [6.45, 7) is 10.1. The molecule has 1 heterocycles. The van der Waals surface area contributed by atoms with Gasteiger partial charge in [0, 0.05) is 32.8 Å². The first kappa shape index (κ1) is 20.7. The van der Waals surface area contributed by atoms with E-state index in [0.717, 1.165) is 30.9 Å². The third-order valence-corrected chi connectivity index (χ3v) is 5.27. The molecule has 146 valence electrons. The van der Waals surface area contributed by atoms with Crippen LogP contribution in [-0.2, 0) is 16.1 Å². The van der Waals surface area contributed by atoms with E-state index in [9.17, 15) is 4.79 Å². The van der Waals surface area contributed by atoms with Crippen LogP contribution in [0, 0.1) is 5.41 Å². The maximum Gasteiger partial charge on any atom is 0.227 e. The van der Waals surface area contributed by atoms with Crippen LogP contribution in [0.25, 0.3) is 0 Å². The molecular weight excluding hydrogens is 330 g/mol. The fourth-order valence-corrected chi connectivity index (χ4v) is 3.19. The predicted molar refractivity (Wildman–Crippen MR) is 103 cm³/mol. The predicted octanol–water partition coefficient (Wildman–Crippen LogP) is 1.78. The normalized spacial score (nSPS) is 16.5. The van der Waals surface area contributed by atoms with Gasteiger partial charge < -0.3 is 25.4 Å². The van der Waals surface area contributed by atoms with Crippen LogP contribution < -0.4 is 15.8 Å². The largest absolute Gasteiger partial charge is 0.492 e. The van der Waals surface area contributed by atoms with Crippen LogP contribution in [0.3, 0.4) is 0 Å². The van der Waals surface area contributed by atoms with Gasteiger partial charge in [-0.25, -0.2) is 0 Å². The Morgan fingerprint density at radius 3 is 2.46 bits per heavy atom. The topological polar surface area (TPSA) is 76.8 Å². The fourth-order valence-electron chi connectivity index (χ4n) is 3.19. The number of nitrogens with one attached hydrogen (secondary N) is 1. The van der Waals surface area contributed by atoms with E-state index in [-0.39, 0.29) is 5.91 Å². The summed E-state index contributed by atoms with van der Waals surface area (Å²) in [6.07, 6.45) is 1.38. The zero-order valence-corrected chi connectivity index (χ0v) is 16.1. The van der Waals surface area contributed by atoms with Gasteiger partial charge in [0.1, 0.15) is 12.4 Å². The summed E-state index contributed by atoms with van der Waals surface area (Å²) < 4.78 is 11.2. The van der Waals surface area contributed by atoms with Crippen molar-refractivity contribution in [1.29, 1.82) is 0 Å². The molecule has 1 aromatic rings. The summed E-state index contributed by atoms with van der Waals surface area (Å²) >= 11 is 0. The Kier molecular flexibility index (Phi) is 8.35. The van der Waals surface area contributed by atoms with Crippen molar-refractivity contribution in [3.8, 4) is 5.75 Å². The molecule has 3 N–H and O–H groups in total. The van der Waals surface area contributed by atoms with Crippen LogP contribution in [0.5, 0.6) is 5.75 Å². The minimum Gasteiger partial charge on any atom is -0.492 e. The maximum atomic E-state index is 12.6. The van der Waals surface area contributed by atoms with Crippen molar-refractivity contribution in [1.82, 2.24) is 10.2 Å². The zero-order chi connectivity index (χ0) is 18.8. The van der Waals surface area contributed by atoms with Gasteiger partial charge in [-0.1, -0.05) is 26.0 Å². The van der Waals surface area contributed by atoms with Crippen molar-refractivity contribution < 1.29 is 14.3 Å². The fraction of sp³-hybridized carbons (Fsp3) is 0.650. The molecule has 0 aromatic heterocycles. The van der Waals surface area contributed by atoms with Gasteiger partial charge in [-0.3, -0.25) is 4.79 Å². The Bertz CT molecular complexity index is 538. The smallest absolute Gasteiger partial charge is 0.227 e. The molecule has 1 saturated heterocycles. The average molecular weight is 364 g/mol. The Labute approximate surface area is 157 Å². The van der Waals surface area contributed by atoms with E-state index in [4.69, 9.17) is 15.2 Å². The van der Waals surface area contributed by atoms with Crippen LogP contribution in [0.2, 0.25) is 0 Å². The van der Waals surface area contributed by atoms with Gasteiger partial charge in [0.15, 0.2) is 0 Å². The van der Waals surface area contributed by atoms with E-state index in [1.54, 1.807) is 0 Å². The Hall–Kier alpha value is -1.63. The molecule has 0 unspecified atom stereocenters. The highest BCUT2D eigenvalue weighted by Crippen LogP contribution is 2.29. The third kappa shape index (κ3) is 5.69. The second-order valence-electron chi connectivity index (χ2n) is 6.80. The quantitative estimate of drug-likeness (QED) is 0.663. The summed E-state index contributed by atoms with van der Waals surface area (Å²) in [5.74, 6) is 0.887. The molecule has 26 heavy (non-hydrogen) atoms. The number of benzene rings is 1. The van der Waals surface area contributed by atoms with Gasteiger partial charge in [-0.05, 0) is 43.6 Å². The molecule has 1 fully saturated rings. The van der Waals surface area contributed by atoms with Crippen molar-refractivity contribution in [3.63, 3.8) is 0 Å². The molecule has 0 atom stereocenters. The van der Waals surface area contributed by atoms with E-state index < -0.39 is 5.41 Å². The van der Waals surface area contributed by atoms with Crippen molar-refractivity contribution >= 4 is 5.91 Å². The van der Waals surface area contributed by atoms with Gasteiger partial charge in [0.05, 0.1) is 5.41 Å². The molecule has 0 bridgehead atoms. The van der Waals surface area contributed by atoms with Gasteiger partial charge >= 0.3 is 0 Å². The minimum absolute atomic E-state index is 0.0304. The SMILES string of the molecule is CCN(CC)CCOc1ccc(CNC(=O)C2(CN)CCOCC2)cc1. The average Bonchev–Trinajstić information content (AvgIpc) is 2.70. The maximum absolute atomic E-state index is 12.6. The number of nitrogens with two attached hydrogens (primary N) is 1. The lowest BCUT2D eigenvalue weighted by molar-refractivity contribution is -0.136. The third-order valence-electron chi connectivity index (χ3n) is 5.27. The van der Waals surface area contributed by atoms with Crippen molar-refractivity contribution in [2.75, 3.05) is 46.0 Å². The highest BCUT2D eigenvalue weighted by molar-refractivity contribution is 5.83. The van der Waals surface area contributed by atoms with E-state index in [2.05, 4.69) is 24.1 Å². The van der Waals surface area contributed by atoms with E-state index >= 15 is 0 Å². The molecule has 1 amide bonds. The van der Waals surface area contributed by atoms with Crippen molar-refractivity contribution in [2.24, 2.45) is 11.1 Å². The first-order valence-corrected chi connectivity index (χ1v) is 9.63. The summed E-state index contributed by atoms with van der Waals surface area (Å²) in [5, 5.41) is 3.03. The number of hydrogen-bond donors (Lipinski definition) is 2. The second-order valence-corrected chi connectivity index (χ2v) is 6.80. The summed E-state index contributed by atoms with van der Waals surface area (Å²) in [5.41, 5.74) is 6.45. The number of nitrogens with zero attached hydrogens (tertiary/aromatic N) is 1. The van der Waals surface area contributed by atoms with E-state index in [1.807, 2.05) is 24.3 Å². The molecule has 1 aromatic carbocycles. The van der Waals surface area contributed by atoms with Gasteiger partial charge in [0.2, 0.25) is 5.91 Å². The summed E-state index contributed by atoms with van der Waals surface area (Å²) in [4.78, 5) is 14.9. The molecule has 6 nitrogen and oxygen atoms in total. The number of carbonyl (C=O) groups excluding carboxylic acids is 1. The first-order valence-electron chi connectivity index (χ1n) is 9.63. The molecule has 0 radical (unpaired) electrons. The van der Waals surface area contributed by atoms with Crippen LogP contribution in [-0.4, -0.2) is 56.8 Å². The van der Waals surface area contributed by atoms with E-state index in [0.29, 0.717) is 45.8 Å². The van der Waals surface area contributed by atoms with Gasteiger partial charge in [-0.15, -0.1) is 0 Å². The molecule has 6 heteroatoms. The first-order chi connectivity index (χ1) is 12.6. The Morgan fingerprint density at radius 2 is 1.88 bits per heavy atom. The van der Waals surface area contributed by atoms with Crippen LogP contribution in [0.4, 0.5) is 0 Å². The molecule has 1 aliphatic rings. The van der Waals surface area contributed by atoms with Crippen molar-refractivity contribution in [2.45, 2.75) is 33.2 Å². The van der Waals surface area contributed by atoms with Crippen LogP contribution in [0.1, 0.15) is 32.3 Å². The standard InChI is InChI=1S/C20H33N3O3/c1-3-23(4-2)11-14-26-18-7-5-17(6-8-18)15-22-19(24)20(16-21)9-12-25-13-10-20/h5-8H,3-4,9-16,21H2,1-2H3,(H,22,24). The summed E-state index contributed by atoms with van der Waals surface area (Å²) in [6, 6.07) is 7.89. The highest BCUT2D eigenvalue weighted by Gasteiger charge is 2.38. The van der Waals surface area contributed by atoms with Gasteiger partial charge in [0.25, 0.3) is 0 Å². The van der Waals surface area contributed by atoms with Crippen LogP contribution >= 0.6 is 0 Å². The summed E-state index contributed by atoms with van der Waals surface area (Å²) in [7, 11) is 0. The number of hydrogen-bond acceptors (Lipinski definition) is 5. The van der Waals surface area contributed by atoms with Gasteiger partial charge in [-0.2, -0.15) is 0 Å². The lowest BCUT2D eigenvalue weighted by Gasteiger charge is -2.34. The molecule has 2 rings (SSSR count). The number of likely N-dealkylation sites (N-methyl/N-ethyl adjacent to an activating group) is 1.